The number of hydrogen-bond donors (Lipinski definition) is 2. The predicted octanol–water partition coefficient (Wildman–Crippen LogP) is 3.58. The Hall–Kier alpha value is -3.31. The van der Waals surface area contributed by atoms with Crippen molar-refractivity contribution in [1.82, 2.24) is 0 Å². The summed E-state index contributed by atoms with van der Waals surface area (Å²) in [6.07, 6.45) is 0. The molecule has 21 heavy (non-hydrogen) atoms. The molecule has 0 bridgehead atoms. The number of azide groups is 1. The maximum Gasteiger partial charge on any atom is 0.335 e. The molecule has 0 aromatic heterocycles. The van der Waals surface area contributed by atoms with Crippen LogP contribution in [0.4, 0.5) is 11.4 Å². The van der Waals surface area contributed by atoms with Gasteiger partial charge in [0.25, 0.3) is 5.91 Å². The zero-order valence-electron chi connectivity index (χ0n) is 10.7. The molecule has 2 aromatic carbocycles. The topological polar surface area (TPSA) is 115 Å². The van der Waals surface area contributed by atoms with Gasteiger partial charge in [0.15, 0.2) is 0 Å². The summed E-state index contributed by atoms with van der Waals surface area (Å²) < 4.78 is 0. The van der Waals surface area contributed by atoms with Crippen molar-refractivity contribution in [3.05, 3.63) is 70.1 Å². The van der Waals surface area contributed by atoms with E-state index in [1.165, 1.54) is 48.5 Å². The van der Waals surface area contributed by atoms with E-state index in [1.807, 2.05) is 0 Å². The fourth-order valence-electron chi connectivity index (χ4n) is 1.63. The fraction of sp³-hybridized carbons (Fsp3) is 0. The number of benzene rings is 2. The minimum absolute atomic E-state index is 0.145. The molecule has 0 fully saturated rings. The Labute approximate surface area is 119 Å². The van der Waals surface area contributed by atoms with Gasteiger partial charge in [-0.3, -0.25) is 4.79 Å². The van der Waals surface area contributed by atoms with Gasteiger partial charge in [0.1, 0.15) is 0 Å². The summed E-state index contributed by atoms with van der Waals surface area (Å²) in [5.41, 5.74) is 9.74. The van der Waals surface area contributed by atoms with Gasteiger partial charge in [-0.05, 0) is 41.9 Å². The number of carbonyl (C=O) groups excluding carboxylic acids is 1. The first-order valence-corrected chi connectivity index (χ1v) is 5.90. The zero-order valence-corrected chi connectivity index (χ0v) is 10.7. The van der Waals surface area contributed by atoms with E-state index in [-0.39, 0.29) is 11.5 Å². The van der Waals surface area contributed by atoms with Gasteiger partial charge >= 0.3 is 5.97 Å². The van der Waals surface area contributed by atoms with Crippen molar-refractivity contribution in [1.29, 1.82) is 0 Å². The molecule has 0 spiro atoms. The predicted molar refractivity (Wildman–Crippen MR) is 76.6 cm³/mol. The van der Waals surface area contributed by atoms with Crippen molar-refractivity contribution in [2.75, 3.05) is 5.32 Å². The molecule has 0 saturated carbocycles. The van der Waals surface area contributed by atoms with Crippen molar-refractivity contribution in [3.8, 4) is 0 Å². The third kappa shape index (κ3) is 3.59. The third-order valence-electron chi connectivity index (χ3n) is 2.68. The van der Waals surface area contributed by atoms with Crippen LogP contribution in [0.3, 0.4) is 0 Å². The van der Waals surface area contributed by atoms with Crippen LogP contribution in [-0.2, 0) is 0 Å². The molecule has 0 unspecified atom stereocenters. The number of rotatable bonds is 4. The number of carboxylic acids is 1. The van der Waals surface area contributed by atoms with Gasteiger partial charge in [-0.25, -0.2) is 4.79 Å². The smallest absolute Gasteiger partial charge is 0.335 e. The van der Waals surface area contributed by atoms with Crippen molar-refractivity contribution in [2.24, 2.45) is 5.11 Å². The Morgan fingerprint density at radius 3 is 2.10 bits per heavy atom. The summed E-state index contributed by atoms with van der Waals surface area (Å²) in [5.74, 6) is -1.37. The molecule has 0 radical (unpaired) electrons. The first kappa shape index (κ1) is 14.1. The molecule has 2 N–H and O–H groups in total. The van der Waals surface area contributed by atoms with Gasteiger partial charge < -0.3 is 10.4 Å². The maximum absolute atomic E-state index is 12.0. The van der Waals surface area contributed by atoms with Crippen LogP contribution in [-0.4, -0.2) is 17.0 Å². The highest BCUT2D eigenvalue weighted by Crippen LogP contribution is 2.15. The molecule has 104 valence electrons. The Bertz CT molecular complexity index is 717. The molecule has 0 aliphatic carbocycles. The number of nitrogens with zero attached hydrogens (tertiary/aromatic N) is 3. The van der Waals surface area contributed by atoms with Crippen LogP contribution in [0.5, 0.6) is 0 Å². The van der Waals surface area contributed by atoms with Gasteiger partial charge in [0, 0.05) is 21.8 Å². The first-order chi connectivity index (χ1) is 10.1. The standard InChI is InChI=1S/C14H10N4O3/c15-18-17-12-7-1-9(2-8-12)13(19)16-11-5-3-10(4-6-11)14(20)21/h1-8H,(H,16,19)(H,20,21). The van der Waals surface area contributed by atoms with Crippen LogP contribution in [0.2, 0.25) is 0 Å². The van der Waals surface area contributed by atoms with Gasteiger partial charge in [-0.1, -0.05) is 17.2 Å². The highest BCUT2D eigenvalue weighted by Gasteiger charge is 2.07. The Morgan fingerprint density at radius 2 is 1.57 bits per heavy atom. The maximum atomic E-state index is 12.0. The van der Waals surface area contributed by atoms with Crippen LogP contribution in [0.1, 0.15) is 20.7 Å². The lowest BCUT2D eigenvalue weighted by Crippen LogP contribution is -2.11. The van der Waals surface area contributed by atoms with Crippen LogP contribution >= 0.6 is 0 Å². The van der Waals surface area contributed by atoms with Crippen LogP contribution < -0.4 is 5.32 Å². The van der Waals surface area contributed by atoms with E-state index < -0.39 is 5.97 Å². The Kier molecular flexibility index (Phi) is 4.18. The quantitative estimate of drug-likeness (QED) is 0.507. The highest BCUT2D eigenvalue weighted by molar-refractivity contribution is 6.04. The molecular weight excluding hydrogens is 272 g/mol. The number of carboxylic acid groups (broad SMARTS) is 1. The number of hydrogen-bond acceptors (Lipinski definition) is 3. The molecule has 0 atom stereocenters. The summed E-state index contributed by atoms with van der Waals surface area (Å²) in [5, 5.41) is 14.8. The van der Waals surface area contributed by atoms with Crippen LogP contribution in [0.15, 0.2) is 53.6 Å². The summed E-state index contributed by atoms with van der Waals surface area (Å²) >= 11 is 0. The van der Waals surface area contributed by atoms with Crippen LogP contribution in [0, 0.1) is 0 Å². The average molecular weight is 282 g/mol. The van der Waals surface area contributed by atoms with E-state index in [1.54, 1.807) is 0 Å². The first-order valence-electron chi connectivity index (χ1n) is 5.90. The van der Waals surface area contributed by atoms with Gasteiger partial charge in [-0.2, -0.15) is 0 Å². The summed E-state index contributed by atoms with van der Waals surface area (Å²) in [6, 6.07) is 12.0. The minimum atomic E-state index is -1.03. The van der Waals surface area contributed by atoms with Crippen LogP contribution in [0.25, 0.3) is 10.4 Å². The third-order valence-corrected chi connectivity index (χ3v) is 2.68. The molecule has 7 nitrogen and oxygen atoms in total. The second-order valence-electron chi connectivity index (χ2n) is 4.07. The van der Waals surface area contributed by atoms with Gasteiger partial charge in [0.05, 0.1) is 5.56 Å². The SMILES string of the molecule is [N-]=[N+]=Nc1ccc(C(=O)Nc2ccc(C(=O)O)cc2)cc1. The molecule has 2 rings (SSSR count). The molecule has 1 amide bonds. The lowest BCUT2D eigenvalue weighted by Gasteiger charge is -2.05. The lowest BCUT2D eigenvalue weighted by molar-refractivity contribution is 0.0696. The largest absolute Gasteiger partial charge is 0.478 e. The van der Waals surface area contributed by atoms with E-state index in [4.69, 9.17) is 10.6 Å². The number of amides is 1. The summed E-state index contributed by atoms with van der Waals surface area (Å²) in [4.78, 5) is 25.3. The lowest BCUT2D eigenvalue weighted by atomic mass is 10.1. The number of anilines is 1. The minimum Gasteiger partial charge on any atom is -0.478 e. The summed E-state index contributed by atoms with van der Waals surface area (Å²) in [6.45, 7) is 0. The Balaban J connectivity index is 2.10. The van der Waals surface area contributed by atoms with Crippen molar-refractivity contribution >= 4 is 23.3 Å². The van der Waals surface area contributed by atoms with Gasteiger partial charge in [-0.15, -0.1) is 0 Å². The fourth-order valence-corrected chi connectivity index (χ4v) is 1.63. The van der Waals surface area contributed by atoms with E-state index in [0.29, 0.717) is 16.9 Å². The highest BCUT2D eigenvalue weighted by atomic mass is 16.4. The van der Waals surface area contributed by atoms with E-state index in [2.05, 4.69) is 15.3 Å². The molecule has 2 aromatic rings. The molecule has 7 heteroatoms. The van der Waals surface area contributed by atoms with E-state index in [0.717, 1.165) is 0 Å². The van der Waals surface area contributed by atoms with E-state index >= 15 is 0 Å². The van der Waals surface area contributed by atoms with Crippen molar-refractivity contribution < 1.29 is 14.7 Å². The zero-order chi connectivity index (χ0) is 15.2. The normalized spacial score (nSPS) is 9.52. The summed E-state index contributed by atoms with van der Waals surface area (Å²) in [7, 11) is 0. The second-order valence-corrected chi connectivity index (χ2v) is 4.07. The molecule has 0 saturated heterocycles. The van der Waals surface area contributed by atoms with Crippen molar-refractivity contribution in [2.45, 2.75) is 0 Å². The number of aromatic carboxylic acids is 1. The molecule has 0 aliphatic rings. The molecular formula is C14H10N4O3. The van der Waals surface area contributed by atoms with Gasteiger partial charge in [0.2, 0.25) is 0 Å². The second kappa shape index (κ2) is 6.23. The number of carbonyl (C=O) groups is 2. The molecule has 0 heterocycles. The van der Waals surface area contributed by atoms with E-state index in [9.17, 15) is 9.59 Å². The average Bonchev–Trinajstić information content (AvgIpc) is 2.49. The molecule has 0 aliphatic heterocycles. The van der Waals surface area contributed by atoms with Crippen molar-refractivity contribution in [3.63, 3.8) is 0 Å². The number of nitrogens with one attached hydrogen (secondary N) is 1. The Morgan fingerprint density at radius 1 is 1.00 bits per heavy atom. The monoisotopic (exact) mass is 282 g/mol.